The second-order valence-electron chi connectivity index (χ2n) is 6.87. The van der Waals surface area contributed by atoms with E-state index in [0.717, 1.165) is 41.8 Å². The number of aromatic hydroxyl groups is 1. The highest BCUT2D eigenvalue weighted by molar-refractivity contribution is 7.12. The zero-order chi connectivity index (χ0) is 19.1. The van der Waals surface area contributed by atoms with Gasteiger partial charge in [0.1, 0.15) is 5.75 Å². The van der Waals surface area contributed by atoms with Crippen LogP contribution >= 0.6 is 11.3 Å². The lowest BCUT2D eigenvalue weighted by molar-refractivity contribution is -0.140. The van der Waals surface area contributed by atoms with Crippen LogP contribution < -0.4 is 0 Å². The van der Waals surface area contributed by atoms with Gasteiger partial charge in [-0.3, -0.25) is 4.79 Å². The molecular formula is C21H26N2O3S. The van der Waals surface area contributed by atoms with E-state index < -0.39 is 0 Å². The number of phenolic OH excluding ortho intramolecular Hbond substituents is 1. The predicted molar refractivity (Wildman–Crippen MR) is 108 cm³/mol. The van der Waals surface area contributed by atoms with Crippen LogP contribution in [0.2, 0.25) is 0 Å². The van der Waals surface area contributed by atoms with Crippen LogP contribution in [0.3, 0.4) is 0 Å². The summed E-state index contributed by atoms with van der Waals surface area (Å²) in [5, 5.41) is 16.2. The van der Waals surface area contributed by atoms with Crippen LogP contribution in [0.25, 0.3) is 0 Å². The van der Waals surface area contributed by atoms with Crippen LogP contribution in [0, 0.1) is 0 Å². The van der Waals surface area contributed by atoms with Crippen molar-refractivity contribution in [1.82, 2.24) is 4.90 Å². The predicted octanol–water partition coefficient (Wildman–Crippen LogP) is 4.56. The maximum absolute atomic E-state index is 12.9. The Labute approximate surface area is 164 Å². The number of nitrogens with zero attached hydrogens (tertiary/aromatic N) is 2. The van der Waals surface area contributed by atoms with Crippen molar-refractivity contribution in [2.45, 2.75) is 51.6 Å². The van der Waals surface area contributed by atoms with Gasteiger partial charge in [-0.05, 0) is 37.3 Å². The molecule has 0 spiro atoms. The molecule has 1 fully saturated rings. The van der Waals surface area contributed by atoms with Crippen LogP contribution in [-0.4, -0.2) is 34.3 Å². The summed E-state index contributed by atoms with van der Waals surface area (Å²) in [6.07, 6.45) is 5.47. The summed E-state index contributed by atoms with van der Waals surface area (Å²) in [6, 6.07) is 11.3. The minimum Gasteiger partial charge on any atom is -0.508 e. The van der Waals surface area contributed by atoms with E-state index >= 15 is 0 Å². The number of para-hydroxylation sites is 1. The molecule has 144 valence electrons. The number of benzene rings is 1. The molecule has 1 aromatic carbocycles. The molecule has 1 aliphatic carbocycles. The van der Waals surface area contributed by atoms with Gasteiger partial charge in [0.25, 0.3) is 5.91 Å². The van der Waals surface area contributed by atoms with Crippen molar-refractivity contribution < 1.29 is 14.7 Å². The van der Waals surface area contributed by atoms with Gasteiger partial charge in [-0.1, -0.05) is 48.7 Å². The summed E-state index contributed by atoms with van der Waals surface area (Å²) in [7, 11) is 0. The average Bonchev–Trinajstić information content (AvgIpc) is 3.23. The van der Waals surface area contributed by atoms with Gasteiger partial charge in [0, 0.05) is 18.2 Å². The Morgan fingerprint density at radius 1 is 1.22 bits per heavy atom. The highest BCUT2D eigenvalue weighted by Gasteiger charge is 2.26. The fourth-order valence-corrected chi connectivity index (χ4v) is 4.11. The van der Waals surface area contributed by atoms with Crippen LogP contribution in [0.4, 0.5) is 0 Å². The lowest BCUT2D eigenvalue weighted by atomic mass is 9.93. The van der Waals surface area contributed by atoms with Gasteiger partial charge in [0.2, 0.25) is 0 Å². The van der Waals surface area contributed by atoms with Crippen molar-refractivity contribution in [3.05, 3.63) is 52.2 Å². The molecule has 3 rings (SSSR count). The third kappa shape index (κ3) is 5.32. The molecule has 2 aromatic rings. The molecule has 1 aromatic heterocycles. The van der Waals surface area contributed by atoms with Gasteiger partial charge >= 0.3 is 0 Å². The van der Waals surface area contributed by atoms with E-state index in [0.29, 0.717) is 6.54 Å². The maximum Gasteiger partial charge on any atom is 0.263 e. The molecule has 1 N–H and O–H groups in total. The number of thiophene rings is 1. The summed E-state index contributed by atoms with van der Waals surface area (Å²) in [5.41, 5.74) is 1.53. The third-order valence-electron chi connectivity index (χ3n) is 4.94. The quantitative estimate of drug-likeness (QED) is 0.561. The molecule has 1 aliphatic rings. The number of hydrogen-bond donors (Lipinski definition) is 1. The fraction of sp³-hybridized carbons (Fsp3) is 0.429. The van der Waals surface area contributed by atoms with Gasteiger partial charge < -0.3 is 14.8 Å². The number of hydrogen-bond acceptors (Lipinski definition) is 5. The highest BCUT2D eigenvalue weighted by Crippen LogP contribution is 2.26. The second kappa shape index (κ2) is 9.55. The number of phenols is 1. The largest absolute Gasteiger partial charge is 0.508 e. The van der Waals surface area contributed by atoms with Crippen molar-refractivity contribution in [3.8, 4) is 5.75 Å². The molecular weight excluding hydrogens is 360 g/mol. The zero-order valence-corrected chi connectivity index (χ0v) is 16.5. The molecule has 0 aliphatic heterocycles. The lowest BCUT2D eigenvalue weighted by Gasteiger charge is -2.34. The van der Waals surface area contributed by atoms with E-state index in [1.54, 1.807) is 23.5 Å². The molecule has 0 atom stereocenters. The number of rotatable bonds is 7. The molecule has 1 heterocycles. The Kier molecular flexibility index (Phi) is 6.87. The van der Waals surface area contributed by atoms with Gasteiger partial charge in [-0.25, -0.2) is 0 Å². The molecule has 1 amide bonds. The van der Waals surface area contributed by atoms with Crippen molar-refractivity contribution >= 4 is 23.0 Å². The Balaban J connectivity index is 1.66. The summed E-state index contributed by atoms with van der Waals surface area (Å²) >= 11 is 1.59. The SMILES string of the molecule is C/C(=N\OCC(=O)N(Cc1ccccc1O)C1CCCCC1)c1cccs1. The number of amides is 1. The first-order valence-corrected chi connectivity index (χ1v) is 10.3. The molecule has 0 unspecified atom stereocenters. The first kappa shape index (κ1) is 19.4. The Hall–Kier alpha value is -2.34. The van der Waals surface area contributed by atoms with Gasteiger partial charge in [-0.2, -0.15) is 0 Å². The summed E-state index contributed by atoms with van der Waals surface area (Å²) in [5.74, 6) is 0.131. The normalized spacial score (nSPS) is 15.5. The molecule has 0 bridgehead atoms. The van der Waals surface area contributed by atoms with E-state index in [4.69, 9.17) is 4.84 Å². The lowest BCUT2D eigenvalue weighted by Crippen LogP contribution is -2.42. The summed E-state index contributed by atoms with van der Waals surface area (Å²) in [4.78, 5) is 21.1. The topological polar surface area (TPSA) is 62.1 Å². The molecule has 0 radical (unpaired) electrons. The average molecular weight is 387 g/mol. The standard InChI is InChI=1S/C21H26N2O3S/c1-16(20-12-7-13-27-20)22-26-15-21(25)23(18-9-3-2-4-10-18)14-17-8-5-6-11-19(17)24/h5-8,11-13,18,24H,2-4,9-10,14-15H2,1H3/b22-16+. The molecule has 5 nitrogen and oxygen atoms in total. The van der Waals surface area contributed by atoms with E-state index in [-0.39, 0.29) is 24.3 Å². The molecule has 27 heavy (non-hydrogen) atoms. The maximum atomic E-state index is 12.9. The number of oxime groups is 1. The van der Waals surface area contributed by atoms with E-state index in [9.17, 15) is 9.90 Å². The van der Waals surface area contributed by atoms with Crippen molar-refractivity contribution in [2.24, 2.45) is 5.16 Å². The van der Waals surface area contributed by atoms with Crippen molar-refractivity contribution in [1.29, 1.82) is 0 Å². The van der Waals surface area contributed by atoms with Crippen molar-refractivity contribution in [3.63, 3.8) is 0 Å². The van der Waals surface area contributed by atoms with Crippen LogP contribution in [0.15, 0.2) is 46.9 Å². The monoisotopic (exact) mass is 386 g/mol. The van der Waals surface area contributed by atoms with E-state index in [1.165, 1.54) is 6.42 Å². The summed E-state index contributed by atoms with van der Waals surface area (Å²) in [6.45, 7) is 2.18. The smallest absolute Gasteiger partial charge is 0.263 e. The summed E-state index contributed by atoms with van der Waals surface area (Å²) < 4.78 is 0. The zero-order valence-electron chi connectivity index (χ0n) is 15.6. The first-order valence-electron chi connectivity index (χ1n) is 9.42. The molecule has 1 saturated carbocycles. The van der Waals surface area contributed by atoms with Crippen LogP contribution in [0.5, 0.6) is 5.75 Å². The van der Waals surface area contributed by atoms with E-state index in [1.807, 2.05) is 41.5 Å². The Morgan fingerprint density at radius 3 is 2.70 bits per heavy atom. The van der Waals surface area contributed by atoms with Crippen molar-refractivity contribution in [2.75, 3.05) is 6.61 Å². The Bertz CT molecular complexity index is 767. The molecule has 6 heteroatoms. The van der Waals surface area contributed by atoms with Gasteiger partial charge in [0.05, 0.1) is 10.6 Å². The highest BCUT2D eigenvalue weighted by atomic mass is 32.1. The minimum atomic E-state index is -0.0905. The van der Waals surface area contributed by atoms with Gasteiger partial charge in [0.15, 0.2) is 6.61 Å². The van der Waals surface area contributed by atoms with Crippen LogP contribution in [-0.2, 0) is 16.2 Å². The second-order valence-corrected chi connectivity index (χ2v) is 7.82. The number of carbonyl (C=O) groups is 1. The minimum absolute atomic E-state index is 0.0899. The molecule has 0 saturated heterocycles. The third-order valence-corrected chi connectivity index (χ3v) is 5.91. The fourth-order valence-electron chi connectivity index (χ4n) is 3.44. The van der Waals surface area contributed by atoms with E-state index in [2.05, 4.69) is 5.16 Å². The first-order chi connectivity index (χ1) is 13.1. The number of carbonyl (C=O) groups excluding carboxylic acids is 1. The van der Waals surface area contributed by atoms with Gasteiger partial charge in [-0.15, -0.1) is 11.3 Å². The Morgan fingerprint density at radius 2 is 2.00 bits per heavy atom. The van der Waals surface area contributed by atoms with Crippen LogP contribution in [0.1, 0.15) is 49.5 Å².